The molecule has 67 heavy (non-hydrogen) atoms. The van der Waals surface area contributed by atoms with Crippen LogP contribution in [0.4, 0.5) is 17.8 Å². The van der Waals surface area contributed by atoms with Crippen molar-refractivity contribution in [2.75, 3.05) is 127 Å². The Labute approximate surface area is 392 Å². The summed E-state index contributed by atoms with van der Waals surface area (Å²) in [6.07, 6.45) is 12.8. The molecule has 0 aromatic carbocycles. The summed E-state index contributed by atoms with van der Waals surface area (Å²) >= 11 is 0. The van der Waals surface area contributed by atoms with Crippen LogP contribution >= 0.6 is 0 Å². The number of hydrogen-bond acceptors (Lipinski definition) is 19. The van der Waals surface area contributed by atoms with Crippen LogP contribution in [0.2, 0.25) is 0 Å². The number of carbonyl (C=O) groups is 2. The number of terminal acetylenes is 1. The first-order chi connectivity index (χ1) is 32.6. The molecule has 5 rings (SSSR count). The van der Waals surface area contributed by atoms with Crippen molar-refractivity contribution < 1.29 is 23.8 Å². The lowest BCUT2D eigenvalue weighted by Crippen LogP contribution is -2.52. The Bertz CT molecular complexity index is 2010. The van der Waals surface area contributed by atoms with Crippen LogP contribution in [0.3, 0.4) is 0 Å². The summed E-state index contributed by atoms with van der Waals surface area (Å²) in [5, 5.41) is 20.4. The van der Waals surface area contributed by atoms with Gasteiger partial charge < -0.3 is 67.8 Å². The number of piperazine rings is 2. The average molecular weight is 937 g/mol. The second-order valence-corrected chi connectivity index (χ2v) is 16.5. The van der Waals surface area contributed by atoms with Gasteiger partial charge >= 0.3 is 0 Å². The Balaban J connectivity index is 1.26. The zero-order valence-corrected chi connectivity index (χ0v) is 39.2. The minimum Gasteiger partial charge on any atom is -0.377 e. The number of ether oxygens (including phenoxy) is 3. The molecule has 25 heteroatoms. The summed E-state index contributed by atoms with van der Waals surface area (Å²) in [7, 11) is 0. The monoisotopic (exact) mass is 937 g/mol. The molecule has 0 aliphatic carbocycles. The van der Waals surface area contributed by atoms with Gasteiger partial charge in [-0.3, -0.25) is 14.6 Å². The van der Waals surface area contributed by atoms with E-state index in [2.05, 4.69) is 55.6 Å². The molecule has 2 aliphatic rings. The van der Waals surface area contributed by atoms with Crippen molar-refractivity contribution in [3.8, 4) is 12.3 Å². The van der Waals surface area contributed by atoms with Gasteiger partial charge in [0.1, 0.15) is 18.7 Å². The van der Waals surface area contributed by atoms with Crippen LogP contribution in [0.15, 0.2) is 17.4 Å². The maximum absolute atomic E-state index is 14.3. The van der Waals surface area contributed by atoms with Gasteiger partial charge in [0.15, 0.2) is 5.96 Å². The normalized spacial score (nSPS) is 16.1. The highest BCUT2D eigenvalue weighted by atomic mass is 16.5. The molecule has 25 nitrogen and oxygen atoms in total. The first kappa shape index (κ1) is 52.2. The third-order valence-corrected chi connectivity index (χ3v) is 11.8. The number of nitrogens with zero attached hydrogens (tertiary/aromatic N) is 14. The van der Waals surface area contributed by atoms with E-state index >= 15 is 0 Å². The zero-order chi connectivity index (χ0) is 48.0. The maximum Gasteiger partial charge on any atom is 0.247 e. The molecule has 0 saturated carbocycles. The second-order valence-electron chi connectivity index (χ2n) is 16.5. The molecule has 2 saturated heterocycles. The summed E-state index contributed by atoms with van der Waals surface area (Å²) in [4.78, 5) is 54.8. The predicted molar refractivity (Wildman–Crippen MR) is 252 cm³/mol. The number of carbonyl (C=O) groups excluding carboxylic acids is 2. The van der Waals surface area contributed by atoms with Gasteiger partial charge in [-0.15, -0.1) is 16.6 Å². The van der Waals surface area contributed by atoms with Crippen molar-refractivity contribution in [3.63, 3.8) is 0 Å². The molecule has 0 spiro atoms. The Morgan fingerprint density at radius 1 is 0.791 bits per heavy atom. The van der Waals surface area contributed by atoms with Crippen molar-refractivity contribution >= 4 is 35.6 Å². The fraction of sp³-hybridized carbons (Fsp3) is 0.714. The lowest BCUT2D eigenvalue weighted by molar-refractivity contribution is -0.136. The van der Waals surface area contributed by atoms with Gasteiger partial charge in [-0.05, 0) is 44.6 Å². The van der Waals surface area contributed by atoms with Gasteiger partial charge in [0, 0.05) is 72.0 Å². The Kier molecular flexibility index (Phi) is 21.6. The van der Waals surface area contributed by atoms with E-state index in [1.165, 1.54) is 0 Å². The third-order valence-electron chi connectivity index (χ3n) is 11.8. The summed E-state index contributed by atoms with van der Waals surface area (Å²) in [5.74, 6) is 3.81. The Morgan fingerprint density at radius 3 is 1.91 bits per heavy atom. The number of rotatable bonds is 29. The number of aliphatic imine (C=N–C) groups is 1. The summed E-state index contributed by atoms with van der Waals surface area (Å²) < 4.78 is 19.8. The van der Waals surface area contributed by atoms with Crippen molar-refractivity contribution in [3.05, 3.63) is 23.8 Å². The van der Waals surface area contributed by atoms with E-state index in [1.807, 2.05) is 14.7 Å². The van der Waals surface area contributed by atoms with Crippen molar-refractivity contribution in [1.82, 2.24) is 54.7 Å². The quantitative estimate of drug-likeness (QED) is 0.0202. The van der Waals surface area contributed by atoms with Gasteiger partial charge in [-0.2, -0.15) is 15.0 Å². The fourth-order valence-electron chi connectivity index (χ4n) is 7.61. The predicted octanol–water partition coefficient (Wildman–Crippen LogP) is -1.38. The molecule has 0 radical (unpaired) electrons. The van der Waals surface area contributed by atoms with Crippen molar-refractivity contribution in [1.29, 1.82) is 0 Å². The number of unbranched alkanes of at least 4 members (excludes halogenated alkanes) is 1. The van der Waals surface area contributed by atoms with E-state index in [9.17, 15) is 9.59 Å². The van der Waals surface area contributed by atoms with E-state index in [-0.39, 0.29) is 42.9 Å². The standard InChI is InChI=1S/C42H72N20O5/c1-4-22-65-24-26-67-27-25-66-23-13-49-40-50-41(59-18-14-57(15-19-59)37(63)34(9-6-7-11-43)61-29-32(28-44)53-55-61)52-42(51-40)60-20-16-58(17-21-60)38(64)35(10-8-12-48-39(46)47)62-30-33(54-56-62)36(45)31(3)5-2/h1,29-31,34-36H,5-28,43-45H2,2-3H3,(H4,46,47,48)(H,49,50,51,52). The second kappa shape index (κ2) is 27.8. The molecule has 3 aromatic rings. The minimum absolute atomic E-state index is 0.00288. The number of anilines is 3. The Hall–Kier alpha value is -5.78. The van der Waals surface area contributed by atoms with Gasteiger partial charge in [0.05, 0.1) is 62.9 Å². The maximum atomic E-state index is 14.3. The molecule has 11 N–H and O–H groups in total. The summed E-state index contributed by atoms with van der Waals surface area (Å²) in [6, 6.07) is -1.45. The molecule has 3 aromatic heterocycles. The van der Waals surface area contributed by atoms with Gasteiger partial charge in [-0.25, -0.2) is 9.36 Å². The SMILES string of the molecule is C#CCOCCOCCOCCNc1nc(N2CCN(C(=O)C(CCCCN)n3cc(CN)nn3)CC2)nc(N2CCN(C(=O)C(CCCN=C(N)N)n3cc(C(N)C(C)CC)nn3)CC2)n1. The minimum atomic E-state index is -0.626. The molecule has 2 fully saturated rings. The van der Waals surface area contributed by atoms with Crippen molar-refractivity contribution in [2.45, 2.75) is 77.0 Å². The number of nitrogens with one attached hydrogen (secondary N) is 1. The van der Waals surface area contributed by atoms with Crippen LogP contribution in [0.5, 0.6) is 0 Å². The van der Waals surface area contributed by atoms with E-state index in [0.29, 0.717) is 154 Å². The number of hydrogen-bond donors (Lipinski definition) is 6. The van der Waals surface area contributed by atoms with Gasteiger partial charge in [0.25, 0.3) is 0 Å². The van der Waals surface area contributed by atoms with Crippen molar-refractivity contribution in [2.24, 2.45) is 39.6 Å². The van der Waals surface area contributed by atoms with E-state index in [0.717, 1.165) is 19.3 Å². The molecular formula is C42H72N20O5. The fourth-order valence-corrected chi connectivity index (χ4v) is 7.61. The smallest absolute Gasteiger partial charge is 0.247 e. The molecule has 4 unspecified atom stereocenters. The average Bonchev–Trinajstić information content (AvgIpc) is 4.05. The third kappa shape index (κ3) is 15.9. The zero-order valence-electron chi connectivity index (χ0n) is 39.2. The van der Waals surface area contributed by atoms with Crippen LogP contribution in [0.1, 0.15) is 81.9 Å². The van der Waals surface area contributed by atoms with E-state index in [1.54, 1.807) is 21.8 Å². The first-order valence-corrected chi connectivity index (χ1v) is 23.3. The molecule has 370 valence electrons. The van der Waals surface area contributed by atoms with Gasteiger partial charge in [0.2, 0.25) is 29.7 Å². The number of amides is 2. The topological polar surface area (TPSA) is 329 Å². The molecule has 2 aliphatic heterocycles. The Morgan fingerprint density at radius 2 is 1.36 bits per heavy atom. The van der Waals surface area contributed by atoms with E-state index < -0.39 is 12.1 Å². The lowest BCUT2D eigenvalue weighted by Gasteiger charge is -2.38. The van der Waals surface area contributed by atoms with Crippen LogP contribution in [-0.4, -0.2) is 184 Å². The highest BCUT2D eigenvalue weighted by molar-refractivity contribution is 5.81. The summed E-state index contributed by atoms with van der Waals surface area (Å²) in [5.41, 5.74) is 30.5. The molecule has 0 bridgehead atoms. The summed E-state index contributed by atoms with van der Waals surface area (Å²) in [6.45, 7) is 11.6. The van der Waals surface area contributed by atoms with E-state index in [4.69, 9.17) is 64.3 Å². The number of aromatic nitrogens is 9. The molecular weight excluding hydrogens is 865 g/mol. The largest absolute Gasteiger partial charge is 0.377 e. The molecule has 5 heterocycles. The molecule has 2 amide bonds. The van der Waals surface area contributed by atoms with Crippen LogP contribution in [0, 0.1) is 18.3 Å². The number of nitrogens with two attached hydrogens (primary N) is 5. The first-order valence-electron chi connectivity index (χ1n) is 23.3. The highest BCUT2D eigenvalue weighted by Gasteiger charge is 2.33. The van der Waals surface area contributed by atoms with Crippen LogP contribution in [0.25, 0.3) is 0 Å². The van der Waals surface area contributed by atoms with Crippen LogP contribution in [-0.2, 0) is 30.3 Å². The highest BCUT2D eigenvalue weighted by Crippen LogP contribution is 2.26. The molecule has 4 atom stereocenters. The lowest BCUT2D eigenvalue weighted by atomic mass is 9.98. The number of guanidine groups is 1. The van der Waals surface area contributed by atoms with Gasteiger partial charge in [-0.1, -0.05) is 36.6 Å². The van der Waals surface area contributed by atoms with Crippen LogP contribution < -0.4 is 43.8 Å².